The number of aromatic nitrogens is 4. The van der Waals surface area contributed by atoms with E-state index in [0.717, 1.165) is 17.0 Å². The van der Waals surface area contributed by atoms with Gasteiger partial charge in [0, 0.05) is 25.2 Å². The SMILES string of the molecule is COCCc1nnc(SCc2cc(-c3ccccc3)no2)n1N. The molecule has 0 saturated carbocycles. The minimum Gasteiger partial charge on any atom is -0.384 e. The highest BCUT2D eigenvalue weighted by molar-refractivity contribution is 7.98. The first-order chi connectivity index (χ1) is 11.3. The normalized spacial score (nSPS) is 11.0. The van der Waals surface area contributed by atoms with Crippen LogP contribution >= 0.6 is 11.8 Å². The van der Waals surface area contributed by atoms with E-state index in [4.69, 9.17) is 15.1 Å². The van der Waals surface area contributed by atoms with Gasteiger partial charge in [0.2, 0.25) is 5.16 Å². The number of hydrogen-bond donors (Lipinski definition) is 1. The highest BCUT2D eigenvalue weighted by Gasteiger charge is 2.12. The van der Waals surface area contributed by atoms with Crippen LogP contribution in [0.5, 0.6) is 0 Å². The second kappa shape index (κ2) is 7.30. The van der Waals surface area contributed by atoms with Gasteiger partial charge in [-0.15, -0.1) is 10.2 Å². The van der Waals surface area contributed by atoms with Gasteiger partial charge in [0.15, 0.2) is 5.82 Å². The quantitative estimate of drug-likeness (QED) is 0.523. The second-order valence-electron chi connectivity index (χ2n) is 4.84. The van der Waals surface area contributed by atoms with Crippen molar-refractivity contribution < 1.29 is 9.26 Å². The van der Waals surface area contributed by atoms with Crippen LogP contribution in [-0.2, 0) is 16.9 Å². The summed E-state index contributed by atoms with van der Waals surface area (Å²) in [5.41, 5.74) is 1.84. The molecule has 0 aliphatic rings. The molecule has 2 heterocycles. The number of benzene rings is 1. The molecule has 0 amide bonds. The fourth-order valence-corrected chi connectivity index (χ4v) is 2.78. The minimum absolute atomic E-state index is 0.558. The van der Waals surface area contributed by atoms with Gasteiger partial charge in [-0.1, -0.05) is 47.3 Å². The van der Waals surface area contributed by atoms with Crippen molar-refractivity contribution in [2.45, 2.75) is 17.3 Å². The maximum absolute atomic E-state index is 5.97. The van der Waals surface area contributed by atoms with Gasteiger partial charge in [0.1, 0.15) is 11.5 Å². The Hall–Kier alpha value is -2.32. The highest BCUT2D eigenvalue weighted by Crippen LogP contribution is 2.24. The smallest absolute Gasteiger partial charge is 0.210 e. The van der Waals surface area contributed by atoms with Gasteiger partial charge in [-0.3, -0.25) is 0 Å². The van der Waals surface area contributed by atoms with E-state index in [0.29, 0.717) is 29.8 Å². The molecule has 0 aliphatic carbocycles. The Bertz CT molecular complexity index is 756. The minimum atomic E-state index is 0.558. The van der Waals surface area contributed by atoms with Crippen LogP contribution in [0, 0.1) is 0 Å². The number of ether oxygens (including phenoxy) is 1. The van der Waals surface area contributed by atoms with Crippen molar-refractivity contribution in [3.8, 4) is 11.3 Å². The van der Waals surface area contributed by atoms with Crippen molar-refractivity contribution in [2.24, 2.45) is 0 Å². The molecule has 0 unspecified atom stereocenters. The maximum Gasteiger partial charge on any atom is 0.210 e. The van der Waals surface area contributed by atoms with Crippen LogP contribution in [0.3, 0.4) is 0 Å². The maximum atomic E-state index is 5.97. The number of methoxy groups -OCH3 is 1. The first-order valence-electron chi connectivity index (χ1n) is 7.10. The Morgan fingerprint density at radius 2 is 2.09 bits per heavy atom. The molecule has 1 aromatic carbocycles. The van der Waals surface area contributed by atoms with Gasteiger partial charge < -0.3 is 15.1 Å². The van der Waals surface area contributed by atoms with E-state index in [1.165, 1.54) is 16.4 Å². The predicted octanol–water partition coefficient (Wildman–Crippen LogP) is 2.13. The van der Waals surface area contributed by atoms with Crippen LogP contribution in [0.15, 0.2) is 46.1 Å². The molecule has 0 aliphatic heterocycles. The molecule has 0 spiro atoms. The van der Waals surface area contributed by atoms with Crippen LogP contribution in [0.25, 0.3) is 11.3 Å². The number of nitrogens with zero attached hydrogens (tertiary/aromatic N) is 4. The van der Waals surface area contributed by atoms with Gasteiger partial charge in [-0.25, -0.2) is 4.68 Å². The number of nitrogens with two attached hydrogens (primary N) is 1. The van der Waals surface area contributed by atoms with Gasteiger partial charge in [-0.2, -0.15) is 0 Å². The predicted molar refractivity (Wildman–Crippen MR) is 87.3 cm³/mol. The summed E-state index contributed by atoms with van der Waals surface area (Å²) in [6, 6.07) is 11.8. The van der Waals surface area contributed by atoms with E-state index >= 15 is 0 Å². The van der Waals surface area contributed by atoms with Crippen LogP contribution in [0.1, 0.15) is 11.6 Å². The zero-order valence-corrected chi connectivity index (χ0v) is 13.5. The lowest BCUT2D eigenvalue weighted by atomic mass is 10.1. The van der Waals surface area contributed by atoms with E-state index in [-0.39, 0.29) is 0 Å². The van der Waals surface area contributed by atoms with Crippen LogP contribution in [0.2, 0.25) is 0 Å². The lowest BCUT2D eigenvalue weighted by molar-refractivity contribution is 0.200. The number of hydrogen-bond acceptors (Lipinski definition) is 7. The molecule has 0 saturated heterocycles. The molecule has 120 valence electrons. The summed E-state index contributed by atoms with van der Waals surface area (Å²) in [6.07, 6.45) is 0.626. The Labute approximate surface area is 137 Å². The summed E-state index contributed by atoms with van der Waals surface area (Å²) in [7, 11) is 1.64. The largest absolute Gasteiger partial charge is 0.384 e. The van der Waals surface area contributed by atoms with E-state index < -0.39 is 0 Å². The molecule has 8 heteroatoms. The number of rotatable bonds is 7. The van der Waals surface area contributed by atoms with Crippen molar-refractivity contribution in [3.63, 3.8) is 0 Å². The molecule has 3 rings (SSSR count). The summed E-state index contributed by atoms with van der Waals surface area (Å²) in [6.45, 7) is 0.558. The lowest BCUT2D eigenvalue weighted by Gasteiger charge is -2.01. The molecule has 2 N–H and O–H groups in total. The molecule has 3 aromatic rings. The topological polar surface area (TPSA) is 92.0 Å². The van der Waals surface area contributed by atoms with Gasteiger partial charge in [0.05, 0.1) is 12.4 Å². The summed E-state index contributed by atoms with van der Waals surface area (Å²) in [4.78, 5) is 0. The van der Waals surface area contributed by atoms with Gasteiger partial charge >= 0.3 is 0 Å². The fraction of sp³-hybridized carbons (Fsp3) is 0.267. The van der Waals surface area contributed by atoms with Crippen LogP contribution in [-0.4, -0.2) is 33.7 Å². The molecule has 2 aromatic heterocycles. The van der Waals surface area contributed by atoms with Gasteiger partial charge in [-0.05, 0) is 0 Å². The molecule has 0 fully saturated rings. The summed E-state index contributed by atoms with van der Waals surface area (Å²) in [5.74, 6) is 8.01. The molecular weight excluding hydrogens is 314 g/mol. The Balaban J connectivity index is 1.63. The van der Waals surface area contributed by atoms with E-state index in [9.17, 15) is 0 Å². The average Bonchev–Trinajstić information content (AvgIpc) is 3.19. The van der Waals surface area contributed by atoms with Crippen LogP contribution in [0.4, 0.5) is 0 Å². The standard InChI is InChI=1S/C15H17N5O2S/c1-21-8-7-14-17-18-15(20(14)16)23-10-12-9-13(19-22-12)11-5-3-2-4-6-11/h2-6,9H,7-8,10,16H2,1H3. The highest BCUT2D eigenvalue weighted by atomic mass is 32.2. The molecule has 23 heavy (non-hydrogen) atoms. The molecule has 0 radical (unpaired) electrons. The first kappa shape index (κ1) is 15.6. The lowest BCUT2D eigenvalue weighted by Crippen LogP contribution is -2.15. The summed E-state index contributed by atoms with van der Waals surface area (Å²) >= 11 is 1.45. The molecule has 0 atom stereocenters. The second-order valence-corrected chi connectivity index (χ2v) is 5.79. The zero-order valence-electron chi connectivity index (χ0n) is 12.7. The molecular formula is C15H17N5O2S. The van der Waals surface area contributed by atoms with Gasteiger partial charge in [0.25, 0.3) is 0 Å². The Morgan fingerprint density at radius 3 is 2.87 bits per heavy atom. The first-order valence-corrected chi connectivity index (χ1v) is 8.08. The number of thioether (sulfide) groups is 1. The summed E-state index contributed by atoms with van der Waals surface area (Å²) < 4.78 is 11.9. The van der Waals surface area contributed by atoms with E-state index in [2.05, 4.69) is 15.4 Å². The average molecular weight is 331 g/mol. The van der Waals surface area contributed by atoms with Crippen molar-refractivity contribution in [1.82, 2.24) is 20.0 Å². The third-order valence-electron chi connectivity index (χ3n) is 3.24. The van der Waals surface area contributed by atoms with Crippen molar-refractivity contribution in [2.75, 3.05) is 19.6 Å². The number of nitrogen functional groups attached to an aromatic ring is 1. The molecule has 0 bridgehead atoms. The van der Waals surface area contributed by atoms with E-state index in [1.54, 1.807) is 7.11 Å². The fourth-order valence-electron chi connectivity index (χ4n) is 2.03. The third kappa shape index (κ3) is 3.72. The monoisotopic (exact) mass is 331 g/mol. The van der Waals surface area contributed by atoms with E-state index in [1.807, 2.05) is 36.4 Å². The third-order valence-corrected chi connectivity index (χ3v) is 4.20. The van der Waals surface area contributed by atoms with Crippen LogP contribution < -0.4 is 5.84 Å². The summed E-state index contributed by atoms with van der Waals surface area (Å²) in [5, 5.41) is 12.9. The Kier molecular flexibility index (Phi) is 4.94. The van der Waals surface area contributed by atoms with Crippen molar-refractivity contribution in [1.29, 1.82) is 0 Å². The molecule has 7 nitrogen and oxygen atoms in total. The van der Waals surface area contributed by atoms with Crippen molar-refractivity contribution in [3.05, 3.63) is 48.0 Å². The van der Waals surface area contributed by atoms with Crippen molar-refractivity contribution >= 4 is 11.8 Å². The zero-order chi connectivity index (χ0) is 16.1. The Morgan fingerprint density at radius 1 is 1.26 bits per heavy atom.